The van der Waals surface area contributed by atoms with Crippen LogP contribution in [0.4, 0.5) is 0 Å². The van der Waals surface area contributed by atoms with E-state index in [2.05, 4.69) is 13.5 Å². The predicted molar refractivity (Wildman–Crippen MR) is 44.9 cm³/mol. The van der Waals surface area contributed by atoms with E-state index < -0.39 is 0 Å². The molecule has 0 bridgehead atoms. The van der Waals surface area contributed by atoms with E-state index in [1.165, 1.54) is 5.57 Å². The maximum atomic E-state index is 8.68. The van der Waals surface area contributed by atoms with Crippen LogP contribution in [-0.2, 0) is 0 Å². The van der Waals surface area contributed by atoms with Crippen LogP contribution >= 0.6 is 0 Å². The van der Waals surface area contributed by atoms with E-state index >= 15 is 0 Å². The van der Waals surface area contributed by atoms with E-state index in [4.69, 9.17) is 5.11 Å². The van der Waals surface area contributed by atoms with Crippen LogP contribution in [0, 0.1) is 5.92 Å². The van der Waals surface area contributed by atoms with Crippen LogP contribution in [0.1, 0.15) is 33.1 Å². The zero-order valence-corrected chi connectivity index (χ0v) is 7.06. The van der Waals surface area contributed by atoms with Crippen LogP contribution in [-0.4, -0.2) is 11.7 Å². The first kappa shape index (κ1) is 9.70. The van der Waals surface area contributed by atoms with Gasteiger partial charge in [0, 0.05) is 6.61 Å². The van der Waals surface area contributed by atoms with Gasteiger partial charge in [0.2, 0.25) is 0 Å². The van der Waals surface area contributed by atoms with Crippen LogP contribution in [0.15, 0.2) is 12.2 Å². The molecule has 0 rings (SSSR count). The smallest absolute Gasteiger partial charge is 0.0456 e. The summed E-state index contributed by atoms with van der Waals surface area (Å²) < 4.78 is 0. The highest BCUT2D eigenvalue weighted by Crippen LogP contribution is 2.09. The van der Waals surface area contributed by atoms with Gasteiger partial charge in [-0.3, -0.25) is 0 Å². The third kappa shape index (κ3) is 5.83. The van der Waals surface area contributed by atoms with Crippen LogP contribution < -0.4 is 0 Å². The number of allylic oxidation sites excluding steroid dienone is 1. The van der Waals surface area contributed by atoms with Crippen molar-refractivity contribution in [1.29, 1.82) is 0 Å². The van der Waals surface area contributed by atoms with Gasteiger partial charge in [-0.15, -0.1) is 6.58 Å². The topological polar surface area (TPSA) is 20.2 Å². The van der Waals surface area contributed by atoms with E-state index in [1.54, 1.807) is 0 Å². The van der Waals surface area contributed by atoms with Crippen molar-refractivity contribution in [2.75, 3.05) is 6.61 Å². The van der Waals surface area contributed by atoms with Crippen molar-refractivity contribution in [1.82, 2.24) is 0 Å². The summed E-state index contributed by atoms with van der Waals surface area (Å²) in [6, 6.07) is 0. The summed E-state index contributed by atoms with van der Waals surface area (Å²) in [5, 5.41) is 8.68. The molecule has 0 radical (unpaired) electrons. The minimum atomic E-state index is 0.316. The maximum absolute atomic E-state index is 8.68. The Morgan fingerprint density at radius 3 is 2.60 bits per heavy atom. The molecular formula is C9H18O. The average molecular weight is 142 g/mol. The van der Waals surface area contributed by atoms with Crippen molar-refractivity contribution < 1.29 is 5.11 Å². The van der Waals surface area contributed by atoms with Gasteiger partial charge in [0.05, 0.1) is 0 Å². The third-order valence-electron chi connectivity index (χ3n) is 1.61. The molecule has 0 unspecified atom stereocenters. The average Bonchev–Trinajstić information content (AvgIpc) is 1.87. The molecule has 0 saturated heterocycles. The summed E-state index contributed by atoms with van der Waals surface area (Å²) in [5.74, 6) is 0.458. The lowest BCUT2D eigenvalue weighted by molar-refractivity contribution is 0.228. The molecule has 1 N–H and O–H groups in total. The first-order chi connectivity index (χ1) is 4.66. The minimum absolute atomic E-state index is 0.316. The molecule has 0 aromatic rings. The van der Waals surface area contributed by atoms with Crippen molar-refractivity contribution in [3.63, 3.8) is 0 Å². The molecule has 60 valence electrons. The Morgan fingerprint density at radius 2 is 2.20 bits per heavy atom. The summed E-state index contributed by atoms with van der Waals surface area (Å²) >= 11 is 0. The van der Waals surface area contributed by atoms with Gasteiger partial charge in [-0.05, 0) is 32.1 Å². The monoisotopic (exact) mass is 142 g/mol. The second-order valence-electron chi connectivity index (χ2n) is 3.14. The van der Waals surface area contributed by atoms with Gasteiger partial charge >= 0.3 is 0 Å². The molecule has 0 aromatic heterocycles. The second kappa shape index (κ2) is 5.48. The van der Waals surface area contributed by atoms with E-state index in [0.717, 1.165) is 19.3 Å². The van der Waals surface area contributed by atoms with Gasteiger partial charge in [-0.25, -0.2) is 0 Å². The molecule has 0 aliphatic rings. The van der Waals surface area contributed by atoms with Crippen molar-refractivity contribution in [2.45, 2.75) is 33.1 Å². The van der Waals surface area contributed by atoms with E-state index in [-0.39, 0.29) is 0 Å². The van der Waals surface area contributed by atoms with Crippen molar-refractivity contribution in [2.24, 2.45) is 5.92 Å². The van der Waals surface area contributed by atoms with Crippen molar-refractivity contribution in [3.05, 3.63) is 12.2 Å². The van der Waals surface area contributed by atoms with Crippen molar-refractivity contribution in [3.8, 4) is 0 Å². The summed E-state index contributed by atoms with van der Waals surface area (Å²) in [4.78, 5) is 0. The maximum Gasteiger partial charge on any atom is 0.0456 e. The molecule has 0 aliphatic carbocycles. The van der Waals surface area contributed by atoms with Crippen LogP contribution in [0.3, 0.4) is 0 Å². The first-order valence-corrected chi connectivity index (χ1v) is 3.92. The predicted octanol–water partition coefficient (Wildman–Crippen LogP) is 2.36. The van der Waals surface area contributed by atoms with Gasteiger partial charge in [0.25, 0.3) is 0 Å². The zero-order chi connectivity index (χ0) is 7.98. The van der Waals surface area contributed by atoms with Crippen LogP contribution in [0.5, 0.6) is 0 Å². The van der Waals surface area contributed by atoms with Gasteiger partial charge in [-0.2, -0.15) is 0 Å². The molecular weight excluding hydrogens is 124 g/mol. The largest absolute Gasteiger partial charge is 0.396 e. The molecule has 0 aromatic carbocycles. The SMILES string of the molecule is C=C(C)CCC[C@H](C)CO. The Hall–Kier alpha value is -0.300. The highest BCUT2D eigenvalue weighted by Gasteiger charge is 1.98. The fraction of sp³-hybridized carbons (Fsp3) is 0.778. The Morgan fingerprint density at radius 1 is 1.60 bits per heavy atom. The number of hydrogen-bond acceptors (Lipinski definition) is 1. The lowest BCUT2D eigenvalue weighted by atomic mass is 10.0. The van der Waals surface area contributed by atoms with Crippen LogP contribution in [0.25, 0.3) is 0 Å². The molecule has 1 heteroatoms. The highest BCUT2D eigenvalue weighted by atomic mass is 16.3. The quantitative estimate of drug-likeness (QED) is 0.584. The molecule has 0 amide bonds. The fourth-order valence-electron chi connectivity index (χ4n) is 0.844. The Kier molecular flexibility index (Phi) is 5.32. The van der Waals surface area contributed by atoms with E-state index in [0.29, 0.717) is 12.5 Å². The molecule has 1 atom stereocenters. The number of aliphatic hydroxyl groups excluding tert-OH is 1. The Bertz CT molecular complexity index is 96.9. The molecule has 10 heavy (non-hydrogen) atoms. The van der Waals surface area contributed by atoms with E-state index in [1.807, 2.05) is 6.92 Å². The lowest BCUT2D eigenvalue weighted by Crippen LogP contribution is -1.99. The van der Waals surface area contributed by atoms with Crippen LogP contribution in [0.2, 0.25) is 0 Å². The summed E-state index contributed by atoms with van der Waals surface area (Å²) in [6.45, 7) is 8.24. The molecule has 0 saturated carbocycles. The van der Waals surface area contributed by atoms with Crippen molar-refractivity contribution >= 4 is 0 Å². The van der Waals surface area contributed by atoms with Gasteiger partial charge < -0.3 is 5.11 Å². The first-order valence-electron chi connectivity index (χ1n) is 3.92. The second-order valence-corrected chi connectivity index (χ2v) is 3.14. The summed E-state index contributed by atoms with van der Waals surface area (Å²) in [7, 11) is 0. The van der Waals surface area contributed by atoms with Gasteiger partial charge in [0.1, 0.15) is 0 Å². The molecule has 0 heterocycles. The molecule has 0 fully saturated rings. The number of rotatable bonds is 5. The van der Waals surface area contributed by atoms with Gasteiger partial charge in [-0.1, -0.05) is 12.5 Å². The normalized spacial score (nSPS) is 13.1. The van der Waals surface area contributed by atoms with E-state index in [9.17, 15) is 0 Å². The Labute approximate surface area is 63.8 Å². The molecule has 0 aliphatic heterocycles. The zero-order valence-electron chi connectivity index (χ0n) is 7.06. The number of hydrogen-bond donors (Lipinski definition) is 1. The minimum Gasteiger partial charge on any atom is -0.396 e. The molecule has 1 nitrogen and oxygen atoms in total. The molecule has 0 spiro atoms. The highest BCUT2D eigenvalue weighted by molar-refractivity contribution is 4.87. The fourth-order valence-corrected chi connectivity index (χ4v) is 0.844. The standard InChI is InChI=1S/C9H18O/c1-8(2)5-4-6-9(3)7-10/h9-10H,1,4-7H2,2-3H3/t9-/m0/s1. The van der Waals surface area contributed by atoms with Gasteiger partial charge in [0.15, 0.2) is 0 Å². The lowest BCUT2D eigenvalue weighted by Gasteiger charge is -2.05. The summed E-state index contributed by atoms with van der Waals surface area (Å²) in [6.07, 6.45) is 3.38. The Balaban J connectivity index is 3.11. The number of aliphatic hydroxyl groups is 1. The third-order valence-corrected chi connectivity index (χ3v) is 1.61. The summed E-state index contributed by atoms with van der Waals surface area (Å²) in [5.41, 5.74) is 1.24.